The monoisotopic (exact) mass is 233 g/mol. The minimum Gasteiger partial charge on any atom is -0.209 e. The molecule has 0 aliphatic heterocycles. The van der Waals surface area contributed by atoms with E-state index in [-0.39, 0.29) is 6.04 Å². The second-order valence-corrected chi connectivity index (χ2v) is 6.70. The van der Waals surface area contributed by atoms with Crippen LogP contribution in [0.3, 0.4) is 0 Å². The van der Waals surface area contributed by atoms with Gasteiger partial charge in [-0.2, -0.15) is 0 Å². The maximum absolute atomic E-state index is 11.8. The summed E-state index contributed by atoms with van der Waals surface area (Å²) in [7, 11) is -3.31. The molecule has 1 aromatic heterocycles. The maximum Gasteiger partial charge on any atom is 0.241 e. The highest BCUT2D eigenvalue weighted by molar-refractivity contribution is 7.89. The molecule has 0 aliphatic carbocycles. The zero-order valence-electron chi connectivity index (χ0n) is 8.79. The number of sulfonamides is 1. The van der Waals surface area contributed by atoms with Crippen LogP contribution in [-0.2, 0) is 10.0 Å². The lowest BCUT2D eigenvalue weighted by molar-refractivity contribution is 0.569. The Balaban J connectivity index is 3.10. The predicted molar refractivity (Wildman–Crippen MR) is 59.3 cm³/mol. The molecule has 0 bridgehead atoms. The third-order valence-corrected chi connectivity index (χ3v) is 4.56. The molecule has 5 heteroatoms. The van der Waals surface area contributed by atoms with E-state index in [1.807, 2.05) is 27.7 Å². The fraction of sp³-hybridized carbons (Fsp3) is 0.556. The molecule has 80 valence electrons. The molecule has 0 aliphatic rings. The molecule has 3 nitrogen and oxygen atoms in total. The number of thiophene rings is 1. The second kappa shape index (κ2) is 4.00. The largest absolute Gasteiger partial charge is 0.241 e. The van der Waals surface area contributed by atoms with E-state index in [2.05, 4.69) is 4.72 Å². The summed E-state index contributed by atoms with van der Waals surface area (Å²) in [6.45, 7) is 7.36. The quantitative estimate of drug-likeness (QED) is 0.868. The van der Waals surface area contributed by atoms with Gasteiger partial charge in [0.05, 0.1) is 4.90 Å². The van der Waals surface area contributed by atoms with Crippen LogP contribution in [0, 0.1) is 13.8 Å². The molecule has 0 radical (unpaired) electrons. The molecule has 0 unspecified atom stereocenters. The van der Waals surface area contributed by atoms with E-state index in [4.69, 9.17) is 0 Å². The van der Waals surface area contributed by atoms with Crippen molar-refractivity contribution in [2.45, 2.75) is 38.6 Å². The van der Waals surface area contributed by atoms with Crippen LogP contribution >= 0.6 is 11.3 Å². The maximum atomic E-state index is 11.8. The average molecular weight is 233 g/mol. The summed E-state index contributed by atoms with van der Waals surface area (Å²) in [5.74, 6) is 0. The van der Waals surface area contributed by atoms with Gasteiger partial charge in [0.25, 0.3) is 0 Å². The Morgan fingerprint density at radius 2 is 1.93 bits per heavy atom. The van der Waals surface area contributed by atoms with Crippen LogP contribution in [0.1, 0.15) is 23.6 Å². The van der Waals surface area contributed by atoms with Crippen molar-refractivity contribution < 1.29 is 8.42 Å². The van der Waals surface area contributed by atoms with Crippen LogP contribution in [-0.4, -0.2) is 14.5 Å². The molecule has 0 amide bonds. The summed E-state index contributed by atoms with van der Waals surface area (Å²) >= 11 is 1.50. The third-order valence-electron chi connectivity index (χ3n) is 1.68. The number of hydrogen-bond donors (Lipinski definition) is 1. The highest BCUT2D eigenvalue weighted by Gasteiger charge is 2.19. The van der Waals surface area contributed by atoms with Gasteiger partial charge in [0.15, 0.2) is 0 Å². The SMILES string of the molecule is Cc1cc(S(=O)(=O)NC(C)C)c(C)s1. The summed E-state index contributed by atoms with van der Waals surface area (Å²) in [5.41, 5.74) is 0. The highest BCUT2D eigenvalue weighted by atomic mass is 32.2. The smallest absolute Gasteiger partial charge is 0.209 e. The molecule has 0 saturated carbocycles. The summed E-state index contributed by atoms with van der Waals surface area (Å²) in [6.07, 6.45) is 0. The van der Waals surface area contributed by atoms with Gasteiger partial charge >= 0.3 is 0 Å². The molecular formula is C9H15NO2S2. The topological polar surface area (TPSA) is 46.2 Å². The van der Waals surface area contributed by atoms with Crippen LogP contribution in [0.5, 0.6) is 0 Å². The molecule has 0 saturated heterocycles. The van der Waals surface area contributed by atoms with Crippen LogP contribution in [0.25, 0.3) is 0 Å². The minimum atomic E-state index is -3.31. The molecule has 0 spiro atoms. The molecule has 14 heavy (non-hydrogen) atoms. The van der Waals surface area contributed by atoms with Crippen molar-refractivity contribution in [2.75, 3.05) is 0 Å². The molecule has 1 aromatic rings. The summed E-state index contributed by atoms with van der Waals surface area (Å²) in [4.78, 5) is 2.27. The van der Waals surface area contributed by atoms with Crippen molar-refractivity contribution in [1.82, 2.24) is 4.72 Å². The Labute approximate surface area is 89.2 Å². The van der Waals surface area contributed by atoms with E-state index in [1.54, 1.807) is 6.07 Å². The molecule has 0 atom stereocenters. The van der Waals surface area contributed by atoms with Gasteiger partial charge in [0.1, 0.15) is 0 Å². The Hall–Kier alpha value is -0.390. The van der Waals surface area contributed by atoms with E-state index < -0.39 is 10.0 Å². The second-order valence-electron chi connectivity index (χ2n) is 3.55. The van der Waals surface area contributed by atoms with Crippen LogP contribution in [0.15, 0.2) is 11.0 Å². The molecule has 1 heterocycles. The van der Waals surface area contributed by atoms with Gasteiger partial charge in [-0.25, -0.2) is 13.1 Å². The summed E-state index contributed by atoms with van der Waals surface area (Å²) < 4.78 is 26.1. The van der Waals surface area contributed by atoms with Crippen molar-refractivity contribution in [1.29, 1.82) is 0 Å². The first-order valence-corrected chi connectivity index (χ1v) is 6.72. The third kappa shape index (κ3) is 2.56. The first-order valence-electron chi connectivity index (χ1n) is 4.42. The van der Waals surface area contributed by atoms with E-state index in [1.165, 1.54) is 11.3 Å². The molecule has 0 aromatic carbocycles. The fourth-order valence-corrected chi connectivity index (χ4v) is 4.05. The van der Waals surface area contributed by atoms with Crippen LogP contribution < -0.4 is 4.72 Å². The van der Waals surface area contributed by atoms with Crippen LogP contribution in [0.2, 0.25) is 0 Å². The Morgan fingerprint density at radius 3 is 2.29 bits per heavy atom. The Bertz CT molecular complexity index is 418. The number of nitrogens with one attached hydrogen (secondary N) is 1. The highest BCUT2D eigenvalue weighted by Crippen LogP contribution is 2.24. The molecule has 1 rings (SSSR count). The summed E-state index contributed by atoms with van der Waals surface area (Å²) in [5, 5.41) is 0. The number of hydrogen-bond acceptors (Lipinski definition) is 3. The van der Waals surface area contributed by atoms with Crippen molar-refractivity contribution in [3.05, 3.63) is 15.8 Å². The summed E-state index contributed by atoms with van der Waals surface area (Å²) in [6, 6.07) is 1.64. The lowest BCUT2D eigenvalue weighted by atomic mass is 10.4. The van der Waals surface area contributed by atoms with E-state index >= 15 is 0 Å². The van der Waals surface area contributed by atoms with Gasteiger partial charge in [0.2, 0.25) is 10.0 Å². The number of rotatable bonds is 3. The van der Waals surface area contributed by atoms with Crippen molar-refractivity contribution in [3.63, 3.8) is 0 Å². The predicted octanol–water partition coefficient (Wildman–Crippen LogP) is 2.05. The van der Waals surface area contributed by atoms with Crippen molar-refractivity contribution in [2.24, 2.45) is 0 Å². The zero-order valence-corrected chi connectivity index (χ0v) is 10.4. The lowest BCUT2D eigenvalue weighted by Crippen LogP contribution is -2.30. The normalized spacial score (nSPS) is 12.4. The van der Waals surface area contributed by atoms with E-state index in [9.17, 15) is 8.42 Å². The standard InChI is InChI=1S/C9H15NO2S2/c1-6(2)10-14(11,12)9-5-7(3)13-8(9)4/h5-6,10H,1-4H3. The van der Waals surface area contributed by atoms with Crippen molar-refractivity contribution >= 4 is 21.4 Å². The van der Waals surface area contributed by atoms with Gasteiger partial charge in [0, 0.05) is 15.8 Å². The fourth-order valence-electron chi connectivity index (χ4n) is 1.25. The number of aryl methyl sites for hydroxylation is 2. The van der Waals surface area contributed by atoms with Crippen LogP contribution in [0.4, 0.5) is 0 Å². The first-order chi connectivity index (χ1) is 6.33. The lowest BCUT2D eigenvalue weighted by Gasteiger charge is -2.08. The Morgan fingerprint density at radius 1 is 1.36 bits per heavy atom. The molecule has 0 fully saturated rings. The van der Waals surface area contributed by atoms with Crippen molar-refractivity contribution in [3.8, 4) is 0 Å². The zero-order chi connectivity index (χ0) is 10.9. The van der Waals surface area contributed by atoms with Gasteiger partial charge in [-0.05, 0) is 33.8 Å². The molecular weight excluding hydrogens is 218 g/mol. The van der Waals surface area contributed by atoms with Gasteiger partial charge in [-0.15, -0.1) is 11.3 Å². The minimum absolute atomic E-state index is 0.0698. The molecule has 1 N–H and O–H groups in total. The Kier molecular flexibility index (Phi) is 3.34. The van der Waals surface area contributed by atoms with E-state index in [0.717, 1.165) is 9.75 Å². The van der Waals surface area contributed by atoms with E-state index in [0.29, 0.717) is 4.90 Å². The van der Waals surface area contributed by atoms with Gasteiger partial charge < -0.3 is 0 Å². The van der Waals surface area contributed by atoms with Gasteiger partial charge in [-0.3, -0.25) is 0 Å². The first kappa shape index (κ1) is 11.7. The van der Waals surface area contributed by atoms with Gasteiger partial charge in [-0.1, -0.05) is 0 Å². The average Bonchev–Trinajstić information content (AvgIpc) is 2.27.